The van der Waals surface area contributed by atoms with Crippen LogP contribution in [-0.2, 0) is 11.3 Å². The Morgan fingerprint density at radius 3 is 2.61 bits per heavy atom. The van der Waals surface area contributed by atoms with Crippen molar-refractivity contribution in [2.75, 3.05) is 5.32 Å². The number of carbonyl (C=O) groups is 2. The molecule has 0 aliphatic heterocycles. The highest BCUT2D eigenvalue weighted by Crippen LogP contribution is 2.17. The lowest BCUT2D eigenvalue weighted by atomic mass is 10.1. The van der Waals surface area contributed by atoms with E-state index >= 15 is 0 Å². The third kappa shape index (κ3) is 5.30. The second kappa shape index (κ2) is 9.50. The SMILES string of the molecule is CCCC(=O)Nc1cccc(C(=O)N[C@@H](Cn2cccn2)c2ccccc2)c1. The smallest absolute Gasteiger partial charge is 0.251 e. The summed E-state index contributed by atoms with van der Waals surface area (Å²) in [6.45, 7) is 2.47. The van der Waals surface area contributed by atoms with Gasteiger partial charge in [-0.3, -0.25) is 14.3 Å². The summed E-state index contributed by atoms with van der Waals surface area (Å²) in [5, 5.41) is 10.2. The first-order valence-electron chi connectivity index (χ1n) is 9.39. The maximum atomic E-state index is 12.9. The first-order chi connectivity index (χ1) is 13.7. The zero-order chi connectivity index (χ0) is 19.8. The van der Waals surface area contributed by atoms with Gasteiger partial charge in [-0.2, -0.15) is 5.10 Å². The van der Waals surface area contributed by atoms with Crippen LogP contribution in [-0.4, -0.2) is 21.6 Å². The molecule has 28 heavy (non-hydrogen) atoms. The lowest BCUT2D eigenvalue weighted by Crippen LogP contribution is -2.31. The zero-order valence-electron chi connectivity index (χ0n) is 15.8. The van der Waals surface area contributed by atoms with E-state index in [1.165, 1.54) is 0 Å². The minimum absolute atomic E-state index is 0.0547. The molecule has 2 N–H and O–H groups in total. The largest absolute Gasteiger partial charge is 0.343 e. The molecule has 3 rings (SSSR count). The number of nitrogens with zero attached hydrogens (tertiary/aromatic N) is 2. The molecule has 3 aromatic rings. The average molecular weight is 376 g/mol. The standard InChI is InChI=1S/C22H24N4O2/c1-2-8-21(27)24-19-12-6-11-18(15-19)22(28)25-20(16-26-14-7-13-23-26)17-9-4-3-5-10-17/h3-7,9-15,20H,2,8,16H2,1H3,(H,24,27)(H,25,28)/t20-/m0/s1. The van der Waals surface area contributed by atoms with Gasteiger partial charge in [0.25, 0.3) is 5.91 Å². The Kier molecular flexibility index (Phi) is 6.57. The number of carbonyl (C=O) groups excluding carboxylic acids is 2. The molecule has 0 radical (unpaired) electrons. The van der Waals surface area contributed by atoms with Crippen LogP contribution in [0.5, 0.6) is 0 Å². The summed E-state index contributed by atoms with van der Waals surface area (Å²) >= 11 is 0. The molecule has 0 saturated carbocycles. The molecule has 1 aromatic heterocycles. The molecule has 2 aromatic carbocycles. The fourth-order valence-electron chi connectivity index (χ4n) is 2.95. The number of anilines is 1. The summed E-state index contributed by atoms with van der Waals surface area (Å²) in [4.78, 5) is 24.7. The highest BCUT2D eigenvalue weighted by molar-refractivity contribution is 5.97. The highest BCUT2D eigenvalue weighted by Gasteiger charge is 2.17. The fourth-order valence-corrected chi connectivity index (χ4v) is 2.95. The van der Waals surface area contributed by atoms with E-state index in [4.69, 9.17) is 0 Å². The second-order valence-electron chi connectivity index (χ2n) is 6.54. The van der Waals surface area contributed by atoms with Gasteiger partial charge in [0.05, 0.1) is 12.6 Å². The lowest BCUT2D eigenvalue weighted by Gasteiger charge is -2.20. The van der Waals surface area contributed by atoms with E-state index in [2.05, 4.69) is 15.7 Å². The van der Waals surface area contributed by atoms with Crippen LogP contribution < -0.4 is 10.6 Å². The van der Waals surface area contributed by atoms with Gasteiger partial charge in [-0.05, 0) is 36.2 Å². The van der Waals surface area contributed by atoms with E-state index in [0.717, 1.165) is 12.0 Å². The van der Waals surface area contributed by atoms with E-state index in [1.54, 1.807) is 35.1 Å². The van der Waals surface area contributed by atoms with Crippen LogP contribution in [0.3, 0.4) is 0 Å². The molecule has 0 aliphatic carbocycles. The molecule has 1 heterocycles. The normalized spacial score (nSPS) is 11.6. The first kappa shape index (κ1) is 19.4. The van der Waals surface area contributed by atoms with E-state index in [-0.39, 0.29) is 17.9 Å². The number of hydrogen-bond acceptors (Lipinski definition) is 3. The van der Waals surface area contributed by atoms with Crippen LogP contribution in [0, 0.1) is 0 Å². The predicted octanol–water partition coefficient (Wildman–Crippen LogP) is 3.79. The molecular formula is C22H24N4O2. The van der Waals surface area contributed by atoms with Crippen LogP contribution in [0.1, 0.15) is 41.7 Å². The molecule has 0 saturated heterocycles. The van der Waals surface area contributed by atoms with Crippen molar-refractivity contribution in [1.82, 2.24) is 15.1 Å². The zero-order valence-corrected chi connectivity index (χ0v) is 15.8. The number of amides is 2. The van der Waals surface area contributed by atoms with Crippen molar-refractivity contribution in [3.63, 3.8) is 0 Å². The molecular weight excluding hydrogens is 352 g/mol. The van der Waals surface area contributed by atoms with Crippen molar-refractivity contribution in [1.29, 1.82) is 0 Å². The van der Waals surface area contributed by atoms with E-state index in [9.17, 15) is 9.59 Å². The van der Waals surface area contributed by atoms with Crippen molar-refractivity contribution in [2.24, 2.45) is 0 Å². The minimum Gasteiger partial charge on any atom is -0.343 e. The third-order valence-corrected chi connectivity index (χ3v) is 4.32. The van der Waals surface area contributed by atoms with E-state index < -0.39 is 0 Å². The van der Waals surface area contributed by atoms with Crippen LogP contribution in [0.25, 0.3) is 0 Å². The van der Waals surface area contributed by atoms with Crippen molar-refractivity contribution in [3.05, 3.63) is 84.2 Å². The lowest BCUT2D eigenvalue weighted by molar-refractivity contribution is -0.116. The van der Waals surface area contributed by atoms with Crippen LogP contribution in [0.2, 0.25) is 0 Å². The molecule has 6 nitrogen and oxygen atoms in total. The second-order valence-corrected chi connectivity index (χ2v) is 6.54. The Hall–Kier alpha value is -3.41. The van der Waals surface area contributed by atoms with Gasteiger partial charge in [0.15, 0.2) is 0 Å². The van der Waals surface area contributed by atoms with Gasteiger partial charge in [0.1, 0.15) is 0 Å². The summed E-state index contributed by atoms with van der Waals surface area (Å²) in [5.41, 5.74) is 2.11. The van der Waals surface area contributed by atoms with Crippen LogP contribution >= 0.6 is 0 Å². The fraction of sp³-hybridized carbons (Fsp3) is 0.227. The Morgan fingerprint density at radius 1 is 1.07 bits per heavy atom. The first-order valence-corrected chi connectivity index (χ1v) is 9.39. The maximum absolute atomic E-state index is 12.9. The molecule has 144 valence electrons. The van der Waals surface area contributed by atoms with E-state index in [0.29, 0.717) is 24.2 Å². The maximum Gasteiger partial charge on any atom is 0.251 e. The molecule has 1 atom stereocenters. The van der Waals surface area contributed by atoms with Gasteiger partial charge in [0, 0.05) is 30.1 Å². The summed E-state index contributed by atoms with van der Waals surface area (Å²) in [6.07, 6.45) is 4.81. The van der Waals surface area contributed by atoms with Crippen molar-refractivity contribution >= 4 is 17.5 Å². The van der Waals surface area contributed by atoms with Gasteiger partial charge in [0.2, 0.25) is 5.91 Å². The Morgan fingerprint density at radius 2 is 1.89 bits per heavy atom. The molecule has 0 aliphatic rings. The number of rotatable bonds is 8. The number of nitrogens with one attached hydrogen (secondary N) is 2. The molecule has 6 heteroatoms. The molecule has 0 unspecified atom stereocenters. The summed E-state index contributed by atoms with van der Waals surface area (Å²) < 4.78 is 1.79. The summed E-state index contributed by atoms with van der Waals surface area (Å²) in [5.74, 6) is -0.256. The highest BCUT2D eigenvalue weighted by atomic mass is 16.2. The number of benzene rings is 2. The summed E-state index contributed by atoms with van der Waals surface area (Å²) in [6, 6.07) is 18.4. The molecule has 0 fully saturated rings. The topological polar surface area (TPSA) is 76.0 Å². The van der Waals surface area contributed by atoms with Crippen molar-refractivity contribution in [3.8, 4) is 0 Å². The van der Waals surface area contributed by atoms with Gasteiger partial charge in [-0.1, -0.05) is 43.3 Å². The molecule has 0 spiro atoms. The van der Waals surface area contributed by atoms with Gasteiger partial charge in [-0.25, -0.2) is 0 Å². The Balaban J connectivity index is 1.75. The Labute approximate surface area is 164 Å². The predicted molar refractivity (Wildman–Crippen MR) is 109 cm³/mol. The monoisotopic (exact) mass is 376 g/mol. The molecule has 0 bridgehead atoms. The number of aromatic nitrogens is 2. The van der Waals surface area contributed by atoms with Crippen LogP contribution in [0.15, 0.2) is 73.1 Å². The van der Waals surface area contributed by atoms with Gasteiger partial charge < -0.3 is 10.6 Å². The quantitative estimate of drug-likeness (QED) is 0.628. The average Bonchev–Trinajstić information content (AvgIpc) is 3.21. The summed E-state index contributed by atoms with van der Waals surface area (Å²) in [7, 11) is 0. The van der Waals surface area contributed by atoms with Crippen molar-refractivity contribution in [2.45, 2.75) is 32.4 Å². The minimum atomic E-state index is -0.230. The van der Waals surface area contributed by atoms with Crippen molar-refractivity contribution < 1.29 is 9.59 Å². The molecule has 2 amide bonds. The third-order valence-electron chi connectivity index (χ3n) is 4.32. The van der Waals surface area contributed by atoms with Gasteiger partial charge in [-0.15, -0.1) is 0 Å². The Bertz CT molecular complexity index is 907. The number of hydrogen-bond donors (Lipinski definition) is 2. The van der Waals surface area contributed by atoms with E-state index in [1.807, 2.05) is 49.5 Å². The van der Waals surface area contributed by atoms with Crippen LogP contribution in [0.4, 0.5) is 5.69 Å². The van der Waals surface area contributed by atoms with Gasteiger partial charge >= 0.3 is 0 Å².